The van der Waals surface area contributed by atoms with Crippen LogP contribution in [0, 0.1) is 0 Å². The van der Waals surface area contributed by atoms with E-state index in [-0.39, 0.29) is 6.10 Å². The maximum atomic E-state index is 5.80. The zero-order valence-electron chi connectivity index (χ0n) is 8.47. The Morgan fingerprint density at radius 2 is 2.00 bits per heavy atom. The molecule has 0 saturated heterocycles. The van der Waals surface area contributed by atoms with Gasteiger partial charge in [-0.05, 0) is 19.1 Å². The van der Waals surface area contributed by atoms with Gasteiger partial charge in [-0.3, -0.25) is 4.98 Å². The van der Waals surface area contributed by atoms with Crippen LogP contribution >= 0.6 is 0 Å². The van der Waals surface area contributed by atoms with Gasteiger partial charge < -0.3 is 4.74 Å². The maximum absolute atomic E-state index is 5.80. The van der Waals surface area contributed by atoms with Crippen LogP contribution in [0.5, 0.6) is 5.75 Å². The van der Waals surface area contributed by atoms with Gasteiger partial charge in [0.15, 0.2) is 0 Å². The van der Waals surface area contributed by atoms with E-state index in [1.807, 2.05) is 24.3 Å². The second kappa shape index (κ2) is 3.09. The third-order valence-corrected chi connectivity index (χ3v) is 2.73. The second-order valence-electron chi connectivity index (χ2n) is 3.70. The van der Waals surface area contributed by atoms with Gasteiger partial charge in [0.25, 0.3) is 0 Å². The fraction of sp³-hybridized carbons (Fsp3) is 0.154. The molecule has 0 aliphatic carbocycles. The third kappa shape index (κ3) is 1.22. The van der Waals surface area contributed by atoms with Crippen molar-refractivity contribution in [2.45, 2.75) is 13.0 Å². The lowest BCUT2D eigenvalue weighted by Gasteiger charge is -2.25. The molecule has 0 radical (unpaired) electrons. The fourth-order valence-electron chi connectivity index (χ4n) is 2.01. The van der Waals surface area contributed by atoms with Crippen LogP contribution in [0.15, 0.2) is 42.6 Å². The van der Waals surface area contributed by atoms with E-state index < -0.39 is 0 Å². The van der Waals surface area contributed by atoms with Gasteiger partial charge in [-0.25, -0.2) is 0 Å². The van der Waals surface area contributed by atoms with E-state index in [4.69, 9.17) is 4.74 Å². The molecule has 1 atom stereocenters. The number of aromatic nitrogens is 1. The summed E-state index contributed by atoms with van der Waals surface area (Å²) < 4.78 is 5.80. The summed E-state index contributed by atoms with van der Waals surface area (Å²) >= 11 is 0. The molecule has 0 amide bonds. The van der Waals surface area contributed by atoms with Gasteiger partial charge in [0.2, 0.25) is 0 Å². The van der Waals surface area contributed by atoms with Crippen molar-refractivity contribution in [1.82, 2.24) is 4.98 Å². The number of hydrogen-bond acceptors (Lipinski definition) is 2. The van der Waals surface area contributed by atoms with Gasteiger partial charge in [0.1, 0.15) is 17.5 Å². The number of pyridine rings is 1. The maximum Gasteiger partial charge on any atom is 0.146 e. The Kier molecular flexibility index (Phi) is 1.75. The normalized spacial score (nSPS) is 17.5. The Morgan fingerprint density at radius 3 is 2.93 bits per heavy atom. The van der Waals surface area contributed by atoms with Crippen molar-refractivity contribution in [3.05, 3.63) is 48.2 Å². The molecule has 74 valence electrons. The molecule has 2 nitrogen and oxygen atoms in total. The molecule has 1 aromatic carbocycles. The van der Waals surface area contributed by atoms with Gasteiger partial charge in [0.05, 0.1) is 0 Å². The van der Waals surface area contributed by atoms with Crippen molar-refractivity contribution in [2.75, 3.05) is 0 Å². The smallest absolute Gasteiger partial charge is 0.146 e. The minimum absolute atomic E-state index is 0.109. The van der Waals surface area contributed by atoms with E-state index in [0.717, 1.165) is 11.4 Å². The number of hydrogen-bond donors (Lipinski definition) is 0. The minimum Gasteiger partial charge on any atom is -0.484 e. The van der Waals surface area contributed by atoms with E-state index in [1.165, 1.54) is 11.1 Å². The fourth-order valence-corrected chi connectivity index (χ4v) is 2.01. The van der Waals surface area contributed by atoms with Gasteiger partial charge in [-0.2, -0.15) is 0 Å². The highest BCUT2D eigenvalue weighted by atomic mass is 16.5. The number of ether oxygens (including phenoxy) is 1. The minimum atomic E-state index is 0.109. The number of nitrogens with zero attached hydrogens (tertiary/aromatic N) is 1. The van der Waals surface area contributed by atoms with Gasteiger partial charge in [-0.15, -0.1) is 0 Å². The highest BCUT2D eigenvalue weighted by molar-refractivity contribution is 5.71. The van der Waals surface area contributed by atoms with Crippen molar-refractivity contribution < 1.29 is 4.74 Å². The molecule has 3 rings (SSSR count). The average Bonchev–Trinajstić information content (AvgIpc) is 2.30. The first-order valence-electron chi connectivity index (χ1n) is 5.07. The molecule has 1 aliphatic heterocycles. The lowest BCUT2D eigenvalue weighted by atomic mass is 9.97. The van der Waals surface area contributed by atoms with Crippen molar-refractivity contribution in [3.8, 4) is 17.0 Å². The topological polar surface area (TPSA) is 22.1 Å². The Bertz CT molecular complexity index is 507. The molecule has 0 fully saturated rings. The lowest BCUT2D eigenvalue weighted by Crippen LogP contribution is -2.11. The lowest BCUT2D eigenvalue weighted by molar-refractivity contribution is 0.222. The number of benzene rings is 1. The Labute approximate surface area is 88.5 Å². The van der Waals surface area contributed by atoms with Crippen molar-refractivity contribution in [1.29, 1.82) is 0 Å². The quantitative estimate of drug-likeness (QED) is 0.647. The molecule has 0 bridgehead atoms. The summed E-state index contributed by atoms with van der Waals surface area (Å²) in [7, 11) is 0. The monoisotopic (exact) mass is 197 g/mol. The second-order valence-corrected chi connectivity index (χ2v) is 3.70. The van der Waals surface area contributed by atoms with Crippen molar-refractivity contribution >= 4 is 0 Å². The summed E-state index contributed by atoms with van der Waals surface area (Å²) in [6.07, 6.45) is 1.91. The first kappa shape index (κ1) is 8.48. The van der Waals surface area contributed by atoms with Crippen LogP contribution in [-0.2, 0) is 0 Å². The van der Waals surface area contributed by atoms with E-state index in [2.05, 4.69) is 24.0 Å². The summed E-state index contributed by atoms with van der Waals surface area (Å²) in [5.41, 5.74) is 3.35. The Morgan fingerprint density at radius 1 is 1.13 bits per heavy atom. The van der Waals surface area contributed by atoms with Gasteiger partial charge in [-0.1, -0.05) is 24.3 Å². The molecule has 1 aliphatic rings. The molecule has 15 heavy (non-hydrogen) atoms. The standard InChI is InChI=1S/C13H11NO/c1-9-10-5-2-3-6-11(10)13-12(15-9)7-4-8-14-13/h2-9H,1H3. The van der Waals surface area contributed by atoms with E-state index >= 15 is 0 Å². The largest absolute Gasteiger partial charge is 0.484 e. The van der Waals surface area contributed by atoms with Crippen molar-refractivity contribution in [2.24, 2.45) is 0 Å². The molecular weight excluding hydrogens is 186 g/mol. The molecule has 0 spiro atoms. The first-order valence-corrected chi connectivity index (χ1v) is 5.07. The van der Waals surface area contributed by atoms with E-state index in [1.54, 1.807) is 6.20 Å². The zero-order chi connectivity index (χ0) is 10.3. The van der Waals surface area contributed by atoms with Crippen LogP contribution < -0.4 is 4.74 Å². The molecule has 0 saturated carbocycles. The average molecular weight is 197 g/mol. The summed E-state index contributed by atoms with van der Waals surface area (Å²) in [6.45, 7) is 2.06. The van der Waals surface area contributed by atoms with Crippen LogP contribution in [0.25, 0.3) is 11.3 Å². The number of fused-ring (bicyclic) bond motifs is 3. The highest BCUT2D eigenvalue weighted by Crippen LogP contribution is 2.40. The van der Waals surface area contributed by atoms with E-state index in [9.17, 15) is 0 Å². The number of rotatable bonds is 0. The molecule has 0 N–H and O–H groups in total. The molecule has 1 unspecified atom stereocenters. The Balaban J connectivity index is 2.30. The Hall–Kier alpha value is -1.83. The molecular formula is C13H11NO. The van der Waals surface area contributed by atoms with Gasteiger partial charge >= 0.3 is 0 Å². The molecule has 2 aromatic rings. The molecule has 2 heterocycles. The first-order chi connectivity index (χ1) is 7.36. The van der Waals surface area contributed by atoms with E-state index in [0.29, 0.717) is 0 Å². The SMILES string of the molecule is CC1Oc2cccnc2-c2ccccc21. The molecule has 1 aromatic heterocycles. The summed E-state index contributed by atoms with van der Waals surface area (Å²) in [4.78, 5) is 4.37. The van der Waals surface area contributed by atoms with Crippen LogP contribution in [-0.4, -0.2) is 4.98 Å². The summed E-state index contributed by atoms with van der Waals surface area (Å²) in [6, 6.07) is 12.1. The molecule has 2 heteroatoms. The van der Waals surface area contributed by atoms with Gasteiger partial charge in [0, 0.05) is 17.3 Å². The highest BCUT2D eigenvalue weighted by Gasteiger charge is 2.22. The predicted octanol–water partition coefficient (Wildman–Crippen LogP) is 3.20. The zero-order valence-corrected chi connectivity index (χ0v) is 8.47. The van der Waals surface area contributed by atoms with Crippen molar-refractivity contribution in [3.63, 3.8) is 0 Å². The van der Waals surface area contributed by atoms with Crippen LogP contribution in [0.3, 0.4) is 0 Å². The van der Waals surface area contributed by atoms with Crippen LogP contribution in [0.1, 0.15) is 18.6 Å². The van der Waals surface area contributed by atoms with Crippen LogP contribution in [0.2, 0.25) is 0 Å². The van der Waals surface area contributed by atoms with Crippen LogP contribution in [0.4, 0.5) is 0 Å². The third-order valence-electron chi connectivity index (χ3n) is 2.73. The summed E-state index contributed by atoms with van der Waals surface area (Å²) in [5, 5.41) is 0. The summed E-state index contributed by atoms with van der Waals surface area (Å²) in [5.74, 6) is 0.878. The predicted molar refractivity (Wildman–Crippen MR) is 58.7 cm³/mol.